The Bertz CT molecular complexity index is 404. The topological polar surface area (TPSA) is 86.6 Å². The van der Waals surface area contributed by atoms with E-state index in [2.05, 4.69) is 5.32 Å². The summed E-state index contributed by atoms with van der Waals surface area (Å²) in [6, 6.07) is -0.315. The second kappa shape index (κ2) is 5.33. The number of aliphatic hydroxyl groups is 1. The van der Waals surface area contributed by atoms with Crippen LogP contribution in [-0.2, 0) is 9.59 Å². The van der Waals surface area contributed by atoms with Crippen molar-refractivity contribution in [1.82, 2.24) is 5.32 Å². The number of hydrogen-bond acceptors (Lipinski definition) is 3. The first kappa shape index (κ1) is 14.1. The number of rotatable bonds is 5. The molecule has 2 bridgehead atoms. The van der Waals surface area contributed by atoms with Gasteiger partial charge < -0.3 is 15.5 Å². The summed E-state index contributed by atoms with van der Waals surface area (Å²) in [5, 5.41) is 21.3. The highest BCUT2D eigenvalue weighted by Gasteiger charge is 2.51. The highest BCUT2D eigenvalue weighted by atomic mass is 16.4. The Morgan fingerprint density at radius 3 is 2.32 bits per heavy atom. The molecule has 0 heterocycles. The summed E-state index contributed by atoms with van der Waals surface area (Å²) < 4.78 is 0. The van der Waals surface area contributed by atoms with Gasteiger partial charge in [0, 0.05) is 0 Å². The molecular formula is C14H21NO4. The van der Waals surface area contributed by atoms with Gasteiger partial charge >= 0.3 is 5.97 Å². The van der Waals surface area contributed by atoms with Gasteiger partial charge in [-0.15, -0.1) is 0 Å². The zero-order valence-electron chi connectivity index (χ0n) is 11.2. The minimum Gasteiger partial charge on any atom is -0.481 e. The van der Waals surface area contributed by atoms with Crippen molar-refractivity contribution in [2.45, 2.75) is 26.3 Å². The number of allylic oxidation sites excluding steroid dienone is 2. The standard InChI is InChI=1S/C14H21NO4/c1-7(2)10(6-16)15-13(17)11-8-3-4-9(5-8)12(11)14(18)19/h3-4,7-12,16H,5-6H2,1-2H3,(H,15,17)(H,18,19)/t8?,9?,10-,11?,12?/m1/s1. The van der Waals surface area contributed by atoms with E-state index < -0.39 is 17.8 Å². The number of carbonyl (C=O) groups is 2. The molecule has 0 aromatic heterocycles. The molecule has 2 rings (SSSR count). The lowest BCUT2D eigenvalue weighted by molar-refractivity contribution is -0.148. The molecule has 0 saturated heterocycles. The lowest BCUT2D eigenvalue weighted by Crippen LogP contribution is -2.47. The van der Waals surface area contributed by atoms with Crippen LogP contribution >= 0.6 is 0 Å². The fourth-order valence-corrected chi connectivity index (χ4v) is 3.22. The molecule has 0 radical (unpaired) electrons. The molecule has 1 saturated carbocycles. The summed E-state index contributed by atoms with van der Waals surface area (Å²) in [6.07, 6.45) is 4.62. The summed E-state index contributed by atoms with van der Waals surface area (Å²) in [7, 11) is 0. The number of carboxylic acid groups (broad SMARTS) is 1. The number of carboxylic acids is 1. The predicted octanol–water partition coefficient (Wildman–Crippen LogP) is 0.642. The van der Waals surface area contributed by atoms with Crippen LogP contribution in [0.3, 0.4) is 0 Å². The highest BCUT2D eigenvalue weighted by molar-refractivity contribution is 5.87. The fraction of sp³-hybridized carbons (Fsp3) is 0.714. The molecule has 5 heteroatoms. The van der Waals surface area contributed by atoms with Crippen molar-refractivity contribution >= 4 is 11.9 Å². The summed E-state index contributed by atoms with van der Waals surface area (Å²) in [4.78, 5) is 23.6. The Balaban J connectivity index is 2.10. The molecule has 0 spiro atoms. The number of amides is 1. The van der Waals surface area contributed by atoms with Crippen molar-refractivity contribution in [2.75, 3.05) is 6.61 Å². The number of carbonyl (C=O) groups excluding carboxylic acids is 1. The number of hydrogen-bond donors (Lipinski definition) is 3. The van der Waals surface area contributed by atoms with Crippen molar-refractivity contribution in [3.8, 4) is 0 Å². The van der Waals surface area contributed by atoms with E-state index in [9.17, 15) is 19.8 Å². The summed E-state index contributed by atoms with van der Waals surface area (Å²) in [5.41, 5.74) is 0. The lowest BCUT2D eigenvalue weighted by atomic mass is 9.82. The molecule has 0 aromatic carbocycles. The SMILES string of the molecule is CC(C)[C@@H](CO)NC(=O)C1C2C=CC(C2)C1C(=O)O. The number of aliphatic hydroxyl groups excluding tert-OH is 1. The average molecular weight is 267 g/mol. The molecule has 3 N–H and O–H groups in total. The molecule has 5 atom stereocenters. The van der Waals surface area contributed by atoms with E-state index in [0.29, 0.717) is 0 Å². The largest absolute Gasteiger partial charge is 0.481 e. The molecule has 106 valence electrons. The third-order valence-electron chi connectivity index (χ3n) is 4.38. The first-order valence-electron chi connectivity index (χ1n) is 6.78. The van der Waals surface area contributed by atoms with Gasteiger partial charge in [-0.2, -0.15) is 0 Å². The fourth-order valence-electron chi connectivity index (χ4n) is 3.22. The molecule has 0 aliphatic heterocycles. The van der Waals surface area contributed by atoms with Crippen molar-refractivity contribution in [3.05, 3.63) is 12.2 Å². The van der Waals surface area contributed by atoms with E-state index >= 15 is 0 Å². The average Bonchev–Trinajstić information content (AvgIpc) is 2.94. The van der Waals surface area contributed by atoms with E-state index in [1.807, 2.05) is 26.0 Å². The Morgan fingerprint density at radius 2 is 1.84 bits per heavy atom. The predicted molar refractivity (Wildman–Crippen MR) is 69.2 cm³/mol. The maximum atomic E-state index is 12.3. The van der Waals surface area contributed by atoms with Crippen molar-refractivity contribution in [2.24, 2.45) is 29.6 Å². The quantitative estimate of drug-likeness (QED) is 0.638. The molecule has 1 fully saturated rings. The van der Waals surface area contributed by atoms with Crippen LogP contribution in [0, 0.1) is 29.6 Å². The molecule has 1 amide bonds. The van der Waals surface area contributed by atoms with Crippen LogP contribution in [0.4, 0.5) is 0 Å². The van der Waals surface area contributed by atoms with Gasteiger partial charge in [-0.25, -0.2) is 0 Å². The molecule has 0 aromatic rings. The second-order valence-electron chi connectivity index (χ2n) is 5.88. The number of nitrogens with one attached hydrogen (secondary N) is 1. The van der Waals surface area contributed by atoms with Gasteiger partial charge in [0.1, 0.15) is 0 Å². The van der Waals surface area contributed by atoms with Gasteiger partial charge in [0.05, 0.1) is 24.5 Å². The Morgan fingerprint density at radius 1 is 1.26 bits per heavy atom. The first-order valence-corrected chi connectivity index (χ1v) is 6.78. The Labute approximate surface area is 112 Å². The Hall–Kier alpha value is -1.36. The maximum Gasteiger partial charge on any atom is 0.307 e. The van der Waals surface area contributed by atoms with Crippen molar-refractivity contribution in [3.63, 3.8) is 0 Å². The minimum absolute atomic E-state index is 0.0233. The van der Waals surface area contributed by atoms with Crippen molar-refractivity contribution < 1.29 is 19.8 Å². The monoisotopic (exact) mass is 267 g/mol. The molecule has 2 aliphatic rings. The van der Waals surface area contributed by atoms with Crippen LogP contribution in [-0.4, -0.2) is 34.7 Å². The molecule has 2 aliphatic carbocycles. The van der Waals surface area contributed by atoms with Gasteiger partial charge in [0.15, 0.2) is 0 Å². The van der Waals surface area contributed by atoms with Crippen molar-refractivity contribution in [1.29, 1.82) is 0 Å². The Kier molecular flexibility index (Phi) is 3.94. The van der Waals surface area contributed by atoms with E-state index in [-0.39, 0.29) is 36.3 Å². The van der Waals surface area contributed by atoms with Crippen LogP contribution in [0.2, 0.25) is 0 Å². The third-order valence-corrected chi connectivity index (χ3v) is 4.38. The summed E-state index contributed by atoms with van der Waals surface area (Å²) in [5.74, 6) is -2.14. The second-order valence-corrected chi connectivity index (χ2v) is 5.88. The first-order chi connectivity index (χ1) is 8.95. The van der Waals surface area contributed by atoms with E-state index in [0.717, 1.165) is 6.42 Å². The van der Waals surface area contributed by atoms with E-state index in [4.69, 9.17) is 0 Å². The molecule has 4 unspecified atom stereocenters. The van der Waals surface area contributed by atoms with Gasteiger partial charge in [-0.05, 0) is 24.2 Å². The smallest absolute Gasteiger partial charge is 0.307 e. The normalized spacial score (nSPS) is 33.7. The van der Waals surface area contributed by atoms with Crippen LogP contribution in [0.15, 0.2) is 12.2 Å². The summed E-state index contributed by atoms with van der Waals surface area (Å²) in [6.45, 7) is 3.70. The number of fused-ring (bicyclic) bond motifs is 2. The van der Waals surface area contributed by atoms with E-state index in [1.54, 1.807) is 0 Å². The molecular weight excluding hydrogens is 246 g/mol. The minimum atomic E-state index is -0.901. The maximum absolute atomic E-state index is 12.3. The number of aliphatic carboxylic acids is 1. The van der Waals surface area contributed by atoms with Crippen LogP contribution < -0.4 is 5.32 Å². The molecule has 19 heavy (non-hydrogen) atoms. The van der Waals surface area contributed by atoms with Crippen LogP contribution in [0.25, 0.3) is 0 Å². The van der Waals surface area contributed by atoms with Crippen LogP contribution in [0.5, 0.6) is 0 Å². The highest BCUT2D eigenvalue weighted by Crippen LogP contribution is 2.48. The van der Waals surface area contributed by atoms with E-state index in [1.165, 1.54) is 0 Å². The lowest BCUT2D eigenvalue weighted by Gasteiger charge is -2.27. The van der Waals surface area contributed by atoms with Gasteiger partial charge in [0.2, 0.25) is 5.91 Å². The van der Waals surface area contributed by atoms with Crippen LogP contribution in [0.1, 0.15) is 20.3 Å². The third kappa shape index (κ3) is 2.52. The zero-order valence-corrected chi connectivity index (χ0v) is 11.2. The molecule has 5 nitrogen and oxygen atoms in total. The van der Waals surface area contributed by atoms with Gasteiger partial charge in [0.25, 0.3) is 0 Å². The van der Waals surface area contributed by atoms with Gasteiger partial charge in [-0.1, -0.05) is 26.0 Å². The zero-order chi connectivity index (χ0) is 14.2. The van der Waals surface area contributed by atoms with Gasteiger partial charge in [-0.3, -0.25) is 9.59 Å². The summed E-state index contributed by atoms with van der Waals surface area (Å²) >= 11 is 0.